The van der Waals surface area contributed by atoms with E-state index >= 15 is 0 Å². The number of pyridine rings is 1. The first kappa shape index (κ1) is 15.9. The number of anilines is 1. The van der Waals surface area contributed by atoms with Crippen LogP contribution in [0.15, 0.2) is 54.7 Å². The SMILES string of the molecule is COc1ccc2ncc(-c3ccccc3)c(N3CCC(C)CC3)c2c1. The Labute approximate surface area is 149 Å². The lowest BCUT2D eigenvalue weighted by molar-refractivity contribution is 0.415. The van der Waals surface area contributed by atoms with E-state index in [4.69, 9.17) is 9.72 Å². The zero-order valence-electron chi connectivity index (χ0n) is 14.9. The van der Waals surface area contributed by atoms with Crippen molar-refractivity contribution in [2.75, 3.05) is 25.1 Å². The van der Waals surface area contributed by atoms with Crippen molar-refractivity contribution < 1.29 is 4.74 Å². The van der Waals surface area contributed by atoms with Gasteiger partial charge in [-0.3, -0.25) is 4.98 Å². The number of piperidine rings is 1. The van der Waals surface area contributed by atoms with Gasteiger partial charge in [-0.15, -0.1) is 0 Å². The molecule has 25 heavy (non-hydrogen) atoms. The molecule has 3 heteroatoms. The molecule has 0 aliphatic carbocycles. The molecule has 128 valence electrons. The number of aromatic nitrogens is 1. The summed E-state index contributed by atoms with van der Waals surface area (Å²) < 4.78 is 5.48. The zero-order valence-corrected chi connectivity index (χ0v) is 14.9. The predicted octanol–water partition coefficient (Wildman–Crippen LogP) is 5.15. The van der Waals surface area contributed by atoms with E-state index in [2.05, 4.69) is 54.3 Å². The van der Waals surface area contributed by atoms with Crippen LogP contribution in [0.25, 0.3) is 22.0 Å². The van der Waals surface area contributed by atoms with Crippen molar-refractivity contribution in [3.8, 4) is 16.9 Å². The lowest BCUT2D eigenvalue weighted by Gasteiger charge is -2.34. The third kappa shape index (κ3) is 3.07. The van der Waals surface area contributed by atoms with Crippen LogP contribution in [-0.4, -0.2) is 25.2 Å². The number of nitrogens with zero attached hydrogens (tertiary/aromatic N) is 2. The Kier molecular flexibility index (Phi) is 4.31. The van der Waals surface area contributed by atoms with Crippen LogP contribution in [0.3, 0.4) is 0 Å². The van der Waals surface area contributed by atoms with Crippen LogP contribution in [0.2, 0.25) is 0 Å². The zero-order chi connectivity index (χ0) is 17.2. The van der Waals surface area contributed by atoms with Gasteiger partial charge in [0.05, 0.1) is 18.3 Å². The van der Waals surface area contributed by atoms with E-state index in [1.165, 1.54) is 35.0 Å². The molecule has 0 amide bonds. The highest BCUT2D eigenvalue weighted by atomic mass is 16.5. The van der Waals surface area contributed by atoms with Crippen molar-refractivity contribution in [2.45, 2.75) is 19.8 Å². The first-order valence-corrected chi connectivity index (χ1v) is 9.03. The molecule has 3 nitrogen and oxygen atoms in total. The molecule has 1 fully saturated rings. The Morgan fingerprint density at radius 2 is 1.80 bits per heavy atom. The molecule has 0 radical (unpaired) electrons. The third-order valence-electron chi connectivity index (χ3n) is 5.23. The highest BCUT2D eigenvalue weighted by molar-refractivity contribution is 6.00. The average molecular weight is 332 g/mol. The van der Waals surface area contributed by atoms with Crippen molar-refractivity contribution >= 4 is 16.6 Å². The fraction of sp³-hybridized carbons (Fsp3) is 0.318. The van der Waals surface area contributed by atoms with E-state index in [0.29, 0.717) is 0 Å². The molecule has 0 spiro atoms. The topological polar surface area (TPSA) is 25.4 Å². The minimum absolute atomic E-state index is 0.805. The van der Waals surface area contributed by atoms with Crippen molar-refractivity contribution in [2.24, 2.45) is 5.92 Å². The summed E-state index contributed by atoms with van der Waals surface area (Å²) in [5.41, 5.74) is 4.74. The second-order valence-corrected chi connectivity index (χ2v) is 6.94. The molecule has 4 rings (SSSR count). The minimum atomic E-state index is 0.805. The third-order valence-corrected chi connectivity index (χ3v) is 5.23. The molecule has 0 saturated carbocycles. The molecule has 2 aromatic carbocycles. The van der Waals surface area contributed by atoms with E-state index in [1.54, 1.807) is 7.11 Å². The van der Waals surface area contributed by atoms with Crippen LogP contribution >= 0.6 is 0 Å². The fourth-order valence-corrected chi connectivity index (χ4v) is 3.69. The standard InChI is InChI=1S/C22H24N2O/c1-16-10-12-24(13-11-16)22-19-14-18(25-2)8-9-21(19)23-15-20(22)17-6-4-3-5-7-17/h3-9,14-16H,10-13H2,1-2H3. The maximum absolute atomic E-state index is 5.48. The van der Waals surface area contributed by atoms with E-state index in [0.717, 1.165) is 30.3 Å². The Hall–Kier alpha value is -2.55. The maximum atomic E-state index is 5.48. The van der Waals surface area contributed by atoms with Gasteiger partial charge in [-0.05, 0) is 42.5 Å². The molecular weight excluding hydrogens is 308 g/mol. The van der Waals surface area contributed by atoms with Crippen LogP contribution in [0.4, 0.5) is 5.69 Å². The summed E-state index contributed by atoms with van der Waals surface area (Å²) >= 11 is 0. The van der Waals surface area contributed by atoms with Gasteiger partial charge in [0.1, 0.15) is 5.75 Å². The van der Waals surface area contributed by atoms with Gasteiger partial charge >= 0.3 is 0 Å². The summed E-state index contributed by atoms with van der Waals surface area (Å²) in [7, 11) is 1.72. The molecule has 0 N–H and O–H groups in total. The molecular formula is C22H24N2O. The number of ether oxygens (including phenoxy) is 1. The molecule has 1 aliphatic rings. The monoisotopic (exact) mass is 332 g/mol. The highest BCUT2D eigenvalue weighted by Gasteiger charge is 2.22. The lowest BCUT2D eigenvalue weighted by Crippen LogP contribution is -2.33. The highest BCUT2D eigenvalue weighted by Crippen LogP contribution is 2.39. The van der Waals surface area contributed by atoms with Gasteiger partial charge in [0.2, 0.25) is 0 Å². The Balaban J connectivity index is 1.93. The van der Waals surface area contributed by atoms with Gasteiger partial charge in [-0.1, -0.05) is 37.3 Å². The van der Waals surface area contributed by atoms with Gasteiger partial charge in [0, 0.05) is 30.2 Å². The molecule has 0 bridgehead atoms. The maximum Gasteiger partial charge on any atom is 0.119 e. The lowest BCUT2D eigenvalue weighted by atomic mass is 9.95. The first-order chi connectivity index (χ1) is 12.3. The van der Waals surface area contributed by atoms with Crippen molar-refractivity contribution in [3.63, 3.8) is 0 Å². The van der Waals surface area contributed by atoms with Crippen LogP contribution in [0.1, 0.15) is 19.8 Å². The van der Waals surface area contributed by atoms with Gasteiger partial charge in [0.25, 0.3) is 0 Å². The van der Waals surface area contributed by atoms with Gasteiger partial charge in [-0.25, -0.2) is 0 Å². The molecule has 0 atom stereocenters. The van der Waals surface area contributed by atoms with Gasteiger partial charge in [0.15, 0.2) is 0 Å². The number of benzene rings is 2. The molecule has 1 aromatic heterocycles. The van der Waals surface area contributed by atoms with Crippen LogP contribution in [0, 0.1) is 5.92 Å². The summed E-state index contributed by atoms with van der Waals surface area (Å²) in [6, 6.07) is 16.7. The molecule has 0 unspecified atom stereocenters. The second kappa shape index (κ2) is 6.75. The van der Waals surface area contributed by atoms with Gasteiger partial charge < -0.3 is 9.64 Å². The Morgan fingerprint density at radius 3 is 2.52 bits per heavy atom. The van der Waals surface area contributed by atoms with E-state index in [-0.39, 0.29) is 0 Å². The number of hydrogen-bond donors (Lipinski definition) is 0. The quantitative estimate of drug-likeness (QED) is 0.663. The number of fused-ring (bicyclic) bond motifs is 1. The molecule has 1 aliphatic heterocycles. The predicted molar refractivity (Wildman–Crippen MR) is 104 cm³/mol. The van der Waals surface area contributed by atoms with Crippen molar-refractivity contribution in [1.82, 2.24) is 4.98 Å². The largest absolute Gasteiger partial charge is 0.497 e. The second-order valence-electron chi connectivity index (χ2n) is 6.94. The molecule has 1 saturated heterocycles. The van der Waals surface area contributed by atoms with Crippen molar-refractivity contribution in [1.29, 1.82) is 0 Å². The summed E-state index contributed by atoms with van der Waals surface area (Å²) in [4.78, 5) is 7.25. The first-order valence-electron chi connectivity index (χ1n) is 9.03. The number of rotatable bonds is 3. The van der Waals surface area contributed by atoms with E-state index < -0.39 is 0 Å². The number of methoxy groups -OCH3 is 1. The smallest absolute Gasteiger partial charge is 0.119 e. The summed E-state index contributed by atoms with van der Waals surface area (Å²) in [6.45, 7) is 4.54. The van der Waals surface area contributed by atoms with E-state index in [1.807, 2.05) is 12.3 Å². The molecule has 3 aromatic rings. The number of hydrogen-bond acceptors (Lipinski definition) is 3. The van der Waals surface area contributed by atoms with Gasteiger partial charge in [-0.2, -0.15) is 0 Å². The normalized spacial score (nSPS) is 15.5. The minimum Gasteiger partial charge on any atom is -0.497 e. The summed E-state index contributed by atoms with van der Waals surface area (Å²) in [5, 5.41) is 1.18. The summed E-state index contributed by atoms with van der Waals surface area (Å²) in [5.74, 6) is 1.69. The van der Waals surface area contributed by atoms with E-state index in [9.17, 15) is 0 Å². The van der Waals surface area contributed by atoms with Crippen molar-refractivity contribution in [3.05, 3.63) is 54.7 Å². The summed E-state index contributed by atoms with van der Waals surface area (Å²) in [6.07, 6.45) is 4.50. The van der Waals surface area contributed by atoms with Crippen LogP contribution in [0.5, 0.6) is 5.75 Å². The van der Waals surface area contributed by atoms with Crippen LogP contribution in [-0.2, 0) is 0 Å². The molecule has 2 heterocycles. The Bertz CT molecular complexity index is 868. The Morgan fingerprint density at radius 1 is 1.04 bits per heavy atom. The fourth-order valence-electron chi connectivity index (χ4n) is 3.69. The van der Waals surface area contributed by atoms with Crippen LogP contribution < -0.4 is 9.64 Å². The average Bonchev–Trinajstić information content (AvgIpc) is 2.68.